The molecule has 0 aliphatic heterocycles. The number of nitrogens with one attached hydrogen (secondary N) is 3. The first kappa shape index (κ1) is 23.9. The van der Waals surface area contributed by atoms with Gasteiger partial charge in [-0.05, 0) is 24.1 Å². The summed E-state index contributed by atoms with van der Waals surface area (Å²) in [5.74, 6) is -0.662. The van der Waals surface area contributed by atoms with Gasteiger partial charge in [-0.15, -0.1) is 0 Å². The van der Waals surface area contributed by atoms with E-state index in [0.29, 0.717) is 24.5 Å². The van der Waals surface area contributed by atoms with E-state index in [1.165, 1.54) is 0 Å². The molecule has 0 atom stereocenters. The highest BCUT2D eigenvalue weighted by molar-refractivity contribution is 5.98. The zero-order valence-corrected chi connectivity index (χ0v) is 18.0. The van der Waals surface area contributed by atoms with Gasteiger partial charge in [0.2, 0.25) is 11.8 Å². The molecule has 0 spiro atoms. The van der Waals surface area contributed by atoms with Crippen molar-refractivity contribution in [2.24, 2.45) is 0 Å². The fraction of sp³-hybridized carbons (Fsp3) is 0.375. The van der Waals surface area contributed by atoms with E-state index in [9.17, 15) is 14.4 Å². The molecule has 0 saturated carbocycles. The Labute approximate surface area is 183 Å². The van der Waals surface area contributed by atoms with Crippen LogP contribution in [0.25, 0.3) is 0 Å². The van der Waals surface area contributed by atoms with Crippen molar-refractivity contribution in [2.45, 2.75) is 52.0 Å². The lowest BCUT2D eigenvalue weighted by molar-refractivity contribution is -0.126. The molecule has 0 fully saturated rings. The molecule has 0 saturated heterocycles. The third-order valence-corrected chi connectivity index (χ3v) is 4.61. The van der Waals surface area contributed by atoms with Gasteiger partial charge in [0.1, 0.15) is 5.75 Å². The Hall–Kier alpha value is -3.35. The monoisotopic (exact) mass is 425 g/mol. The molecule has 2 rings (SSSR count). The third kappa shape index (κ3) is 9.33. The summed E-state index contributed by atoms with van der Waals surface area (Å²) in [4.78, 5) is 36.3. The van der Waals surface area contributed by atoms with Crippen molar-refractivity contribution in [1.82, 2.24) is 16.2 Å². The Bertz CT molecular complexity index is 840. The van der Waals surface area contributed by atoms with Crippen LogP contribution in [-0.4, -0.2) is 24.3 Å². The predicted molar refractivity (Wildman–Crippen MR) is 119 cm³/mol. The standard InChI is InChI=1S/C24H31N3O4/c1-2-3-4-10-17-31-21-14-9-8-13-20(21)24(30)27-26-23(29)16-15-22(28)25-18-19-11-6-5-7-12-19/h5-9,11-14H,2-4,10,15-18H2,1H3,(H,25,28)(H,26,29)(H,27,30). The zero-order chi connectivity index (χ0) is 22.3. The zero-order valence-electron chi connectivity index (χ0n) is 18.0. The smallest absolute Gasteiger partial charge is 0.273 e. The average Bonchev–Trinajstić information content (AvgIpc) is 2.80. The predicted octanol–water partition coefficient (Wildman–Crippen LogP) is 3.50. The van der Waals surface area contributed by atoms with Crippen LogP contribution in [-0.2, 0) is 16.1 Å². The van der Waals surface area contributed by atoms with Crippen LogP contribution in [0.5, 0.6) is 5.75 Å². The lowest BCUT2D eigenvalue weighted by Crippen LogP contribution is -2.42. The van der Waals surface area contributed by atoms with Gasteiger partial charge in [0.25, 0.3) is 5.91 Å². The normalized spacial score (nSPS) is 10.2. The summed E-state index contributed by atoms with van der Waals surface area (Å²) in [6, 6.07) is 16.4. The lowest BCUT2D eigenvalue weighted by atomic mass is 10.2. The molecular weight excluding hydrogens is 394 g/mol. The van der Waals surface area contributed by atoms with Crippen molar-refractivity contribution >= 4 is 17.7 Å². The van der Waals surface area contributed by atoms with Crippen LogP contribution in [0.2, 0.25) is 0 Å². The van der Waals surface area contributed by atoms with Crippen molar-refractivity contribution in [1.29, 1.82) is 0 Å². The first-order valence-corrected chi connectivity index (χ1v) is 10.7. The van der Waals surface area contributed by atoms with Gasteiger partial charge in [-0.25, -0.2) is 0 Å². The van der Waals surface area contributed by atoms with Crippen LogP contribution in [0.4, 0.5) is 0 Å². The molecule has 0 aromatic heterocycles. The highest BCUT2D eigenvalue weighted by Gasteiger charge is 2.13. The molecule has 0 aliphatic carbocycles. The molecule has 0 unspecified atom stereocenters. The maximum Gasteiger partial charge on any atom is 0.273 e. The summed E-state index contributed by atoms with van der Waals surface area (Å²) in [5.41, 5.74) is 6.06. The maximum atomic E-state index is 12.4. The van der Waals surface area contributed by atoms with Gasteiger partial charge >= 0.3 is 0 Å². The summed E-state index contributed by atoms with van der Waals surface area (Å²) >= 11 is 0. The average molecular weight is 426 g/mol. The summed E-state index contributed by atoms with van der Waals surface area (Å²) in [5, 5.41) is 2.76. The minimum absolute atomic E-state index is 0.0313. The second-order valence-corrected chi connectivity index (χ2v) is 7.17. The van der Waals surface area contributed by atoms with E-state index in [0.717, 1.165) is 31.2 Å². The Morgan fingerprint density at radius 1 is 0.806 bits per heavy atom. The highest BCUT2D eigenvalue weighted by atomic mass is 16.5. The molecule has 7 heteroatoms. The number of carbonyl (C=O) groups excluding carboxylic acids is 3. The molecule has 0 aliphatic rings. The number of benzene rings is 2. The third-order valence-electron chi connectivity index (χ3n) is 4.61. The SMILES string of the molecule is CCCCCCOc1ccccc1C(=O)NNC(=O)CCC(=O)NCc1ccccc1. The Morgan fingerprint density at radius 3 is 2.29 bits per heavy atom. The van der Waals surface area contributed by atoms with Gasteiger partial charge in [-0.1, -0.05) is 68.7 Å². The summed E-state index contributed by atoms with van der Waals surface area (Å²) < 4.78 is 5.73. The van der Waals surface area contributed by atoms with Crippen molar-refractivity contribution in [3.05, 3.63) is 65.7 Å². The molecule has 0 bridgehead atoms. The van der Waals surface area contributed by atoms with Crippen molar-refractivity contribution in [3.8, 4) is 5.75 Å². The molecule has 7 nitrogen and oxygen atoms in total. The number of hydrogen-bond acceptors (Lipinski definition) is 4. The minimum Gasteiger partial charge on any atom is -0.493 e. The molecular formula is C24H31N3O4. The molecule has 2 aromatic carbocycles. The van der Waals surface area contributed by atoms with Crippen molar-refractivity contribution in [2.75, 3.05) is 6.61 Å². The van der Waals surface area contributed by atoms with E-state index in [2.05, 4.69) is 23.1 Å². The summed E-state index contributed by atoms with van der Waals surface area (Å²) in [6.07, 6.45) is 4.31. The quantitative estimate of drug-likeness (QED) is 0.358. The van der Waals surface area contributed by atoms with E-state index in [4.69, 9.17) is 4.74 Å². The number of unbranched alkanes of at least 4 members (excludes halogenated alkanes) is 3. The van der Waals surface area contributed by atoms with Crippen LogP contribution < -0.4 is 20.9 Å². The van der Waals surface area contributed by atoms with Gasteiger partial charge < -0.3 is 10.1 Å². The van der Waals surface area contributed by atoms with Crippen LogP contribution in [0.3, 0.4) is 0 Å². The van der Waals surface area contributed by atoms with Crippen molar-refractivity contribution < 1.29 is 19.1 Å². The maximum absolute atomic E-state index is 12.4. The number of rotatable bonds is 12. The molecule has 0 radical (unpaired) electrons. The summed E-state index contributed by atoms with van der Waals surface area (Å²) in [6.45, 7) is 3.09. The largest absolute Gasteiger partial charge is 0.493 e. The molecule has 3 amide bonds. The number of amides is 3. The molecule has 3 N–H and O–H groups in total. The summed E-state index contributed by atoms with van der Waals surface area (Å²) in [7, 11) is 0. The molecule has 166 valence electrons. The lowest BCUT2D eigenvalue weighted by Gasteiger charge is -2.12. The van der Waals surface area contributed by atoms with E-state index >= 15 is 0 Å². The second kappa shape index (κ2) is 13.8. The number of hydrazine groups is 1. The number of para-hydroxylation sites is 1. The van der Waals surface area contributed by atoms with Gasteiger partial charge in [-0.2, -0.15) is 0 Å². The van der Waals surface area contributed by atoms with Crippen LogP contribution in [0.15, 0.2) is 54.6 Å². The van der Waals surface area contributed by atoms with Gasteiger partial charge in [0, 0.05) is 19.4 Å². The molecule has 31 heavy (non-hydrogen) atoms. The fourth-order valence-corrected chi connectivity index (χ4v) is 2.86. The molecule has 0 heterocycles. The number of ether oxygens (including phenoxy) is 1. The Kier molecular flexibility index (Phi) is 10.6. The number of hydrogen-bond donors (Lipinski definition) is 3. The first-order chi connectivity index (χ1) is 15.1. The van der Waals surface area contributed by atoms with E-state index < -0.39 is 11.8 Å². The minimum atomic E-state index is -0.467. The Balaban J connectivity index is 1.70. The Morgan fingerprint density at radius 2 is 1.52 bits per heavy atom. The highest BCUT2D eigenvalue weighted by Crippen LogP contribution is 2.18. The number of carbonyl (C=O) groups is 3. The first-order valence-electron chi connectivity index (χ1n) is 10.7. The van der Waals surface area contributed by atoms with Crippen LogP contribution >= 0.6 is 0 Å². The van der Waals surface area contributed by atoms with Gasteiger partial charge in [0.15, 0.2) is 0 Å². The van der Waals surface area contributed by atoms with E-state index in [1.54, 1.807) is 24.3 Å². The van der Waals surface area contributed by atoms with E-state index in [1.807, 2.05) is 30.3 Å². The molecule has 2 aromatic rings. The van der Waals surface area contributed by atoms with Gasteiger partial charge in [-0.3, -0.25) is 25.2 Å². The van der Waals surface area contributed by atoms with Crippen molar-refractivity contribution in [3.63, 3.8) is 0 Å². The van der Waals surface area contributed by atoms with Crippen LogP contribution in [0, 0.1) is 0 Å². The van der Waals surface area contributed by atoms with E-state index in [-0.39, 0.29) is 18.7 Å². The fourth-order valence-electron chi connectivity index (χ4n) is 2.86. The second-order valence-electron chi connectivity index (χ2n) is 7.17. The van der Waals surface area contributed by atoms with Crippen LogP contribution in [0.1, 0.15) is 61.4 Å². The van der Waals surface area contributed by atoms with Gasteiger partial charge in [0.05, 0.1) is 12.2 Å². The topological polar surface area (TPSA) is 96.5 Å².